The van der Waals surface area contributed by atoms with Gasteiger partial charge >= 0.3 is 0 Å². The van der Waals surface area contributed by atoms with Crippen molar-refractivity contribution in [1.29, 1.82) is 0 Å². The highest BCUT2D eigenvalue weighted by Crippen LogP contribution is 2.22. The molecule has 0 radical (unpaired) electrons. The van der Waals surface area contributed by atoms with Gasteiger partial charge in [-0.25, -0.2) is 4.99 Å². The van der Waals surface area contributed by atoms with Crippen molar-refractivity contribution in [1.82, 2.24) is 20.0 Å². The lowest BCUT2D eigenvalue weighted by Gasteiger charge is -2.26. The fourth-order valence-electron chi connectivity index (χ4n) is 3.06. The molecule has 3 N–H and O–H groups in total. The van der Waals surface area contributed by atoms with E-state index in [-0.39, 0.29) is 0 Å². The van der Waals surface area contributed by atoms with Gasteiger partial charge in [0.1, 0.15) is 0 Å². The maximum atomic E-state index is 6.01. The molecule has 7 heteroatoms. The summed E-state index contributed by atoms with van der Waals surface area (Å²) in [5.74, 6) is 0.481. The zero-order valence-corrected chi connectivity index (χ0v) is 15.4. The number of aliphatic imine (C=N–C) groups is 1. The number of benzene rings is 1. The molecule has 1 aliphatic heterocycles. The summed E-state index contributed by atoms with van der Waals surface area (Å²) in [6.07, 6.45) is 3.04. The molecule has 1 saturated heterocycles. The quantitative estimate of drug-likeness (QED) is 0.443. The van der Waals surface area contributed by atoms with Gasteiger partial charge in [-0.1, -0.05) is 30.3 Å². The number of hydrogen-bond acceptors (Lipinski definition) is 4. The summed E-state index contributed by atoms with van der Waals surface area (Å²) in [6.45, 7) is 6.12. The van der Waals surface area contributed by atoms with E-state index in [1.807, 2.05) is 36.1 Å². The Morgan fingerprint density at radius 3 is 2.81 bits per heavy atom. The van der Waals surface area contributed by atoms with Gasteiger partial charge in [0.15, 0.2) is 5.96 Å². The number of morpholine rings is 1. The van der Waals surface area contributed by atoms with E-state index in [2.05, 4.69) is 32.4 Å². The Labute approximate surface area is 154 Å². The van der Waals surface area contributed by atoms with Crippen LogP contribution in [0.15, 0.2) is 41.5 Å². The molecule has 1 fully saturated rings. The molecule has 7 nitrogen and oxygen atoms in total. The van der Waals surface area contributed by atoms with Gasteiger partial charge in [0, 0.05) is 44.0 Å². The topological polar surface area (TPSA) is 80.7 Å². The number of guanidine groups is 1. The van der Waals surface area contributed by atoms with Gasteiger partial charge in [-0.2, -0.15) is 5.10 Å². The van der Waals surface area contributed by atoms with Crippen LogP contribution in [-0.4, -0.2) is 60.0 Å². The number of nitrogens with one attached hydrogen (secondary N) is 1. The lowest BCUT2D eigenvalue weighted by atomic mass is 10.1. The van der Waals surface area contributed by atoms with Crippen LogP contribution in [0, 0.1) is 0 Å². The fourth-order valence-corrected chi connectivity index (χ4v) is 3.06. The lowest BCUT2D eigenvalue weighted by molar-refractivity contribution is 0.0376. The molecule has 0 aliphatic carbocycles. The predicted molar refractivity (Wildman–Crippen MR) is 104 cm³/mol. The van der Waals surface area contributed by atoms with Crippen LogP contribution in [0.25, 0.3) is 11.3 Å². The molecule has 0 saturated carbocycles. The first-order chi connectivity index (χ1) is 12.7. The average Bonchev–Trinajstić information content (AvgIpc) is 3.06. The molecule has 140 valence electrons. The fraction of sp³-hybridized carbons (Fsp3) is 0.474. The minimum atomic E-state index is 0.481. The Hall–Kier alpha value is -2.38. The monoisotopic (exact) mass is 356 g/mol. The van der Waals surface area contributed by atoms with E-state index in [9.17, 15) is 0 Å². The summed E-state index contributed by atoms with van der Waals surface area (Å²) in [5, 5.41) is 7.76. The van der Waals surface area contributed by atoms with E-state index in [0.29, 0.717) is 12.5 Å². The molecule has 2 aromatic rings. The van der Waals surface area contributed by atoms with Crippen LogP contribution in [0.3, 0.4) is 0 Å². The van der Waals surface area contributed by atoms with Crippen molar-refractivity contribution >= 4 is 5.96 Å². The largest absolute Gasteiger partial charge is 0.379 e. The molecule has 0 bridgehead atoms. The van der Waals surface area contributed by atoms with E-state index < -0.39 is 0 Å². The van der Waals surface area contributed by atoms with Crippen molar-refractivity contribution in [2.75, 3.05) is 39.4 Å². The van der Waals surface area contributed by atoms with Crippen molar-refractivity contribution in [3.63, 3.8) is 0 Å². The van der Waals surface area contributed by atoms with Crippen molar-refractivity contribution < 1.29 is 4.74 Å². The van der Waals surface area contributed by atoms with Gasteiger partial charge in [0.25, 0.3) is 0 Å². The minimum absolute atomic E-state index is 0.481. The lowest BCUT2D eigenvalue weighted by Crippen LogP contribution is -2.39. The second-order valence-corrected chi connectivity index (χ2v) is 6.48. The first kappa shape index (κ1) is 18.4. The number of nitrogens with zero attached hydrogens (tertiary/aromatic N) is 4. The number of aryl methyl sites for hydroxylation is 1. The van der Waals surface area contributed by atoms with Gasteiger partial charge in [-0.3, -0.25) is 9.58 Å². The Bertz CT molecular complexity index is 706. The number of nitrogens with two attached hydrogens (primary N) is 1. The Kier molecular flexibility index (Phi) is 6.62. The summed E-state index contributed by atoms with van der Waals surface area (Å²) in [7, 11) is 1.92. The molecule has 2 heterocycles. The Morgan fingerprint density at radius 1 is 1.27 bits per heavy atom. The molecule has 1 aromatic heterocycles. The SMILES string of the molecule is Cn1cc(CN=C(N)NCCCN2CCOCC2)c(-c2ccccc2)n1. The molecule has 3 rings (SSSR count). The summed E-state index contributed by atoms with van der Waals surface area (Å²) < 4.78 is 7.18. The van der Waals surface area contributed by atoms with E-state index in [0.717, 1.165) is 62.6 Å². The molecule has 0 atom stereocenters. The molecule has 0 amide bonds. The third-order valence-electron chi connectivity index (χ3n) is 4.43. The molecule has 0 spiro atoms. The summed E-state index contributed by atoms with van der Waals surface area (Å²) in [5.41, 5.74) is 9.13. The maximum Gasteiger partial charge on any atom is 0.188 e. The molecular formula is C19H28N6O. The second-order valence-electron chi connectivity index (χ2n) is 6.48. The first-order valence-corrected chi connectivity index (χ1v) is 9.14. The van der Waals surface area contributed by atoms with Crippen LogP contribution >= 0.6 is 0 Å². The van der Waals surface area contributed by atoms with E-state index in [1.54, 1.807) is 0 Å². The van der Waals surface area contributed by atoms with Crippen LogP contribution in [0.2, 0.25) is 0 Å². The maximum absolute atomic E-state index is 6.01. The van der Waals surface area contributed by atoms with Gasteiger partial charge < -0.3 is 15.8 Å². The van der Waals surface area contributed by atoms with Crippen LogP contribution < -0.4 is 11.1 Å². The highest BCUT2D eigenvalue weighted by Gasteiger charge is 2.10. The molecular weight excluding hydrogens is 328 g/mol. The van der Waals surface area contributed by atoms with Gasteiger partial charge in [-0.15, -0.1) is 0 Å². The van der Waals surface area contributed by atoms with Gasteiger partial charge in [0.05, 0.1) is 25.5 Å². The zero-order valence-electron chi connectivity index (χ0n) is 15.4. The third kappa shape index (κ3) is 5.31. The van der Waals surface area contributed by atoms with Crippen molar-refractivity contribution in [2.24, 2.45) is 17.8 Å². The normalized spacial score (nSPS) is 16.0. The molecule has 26 heavy (non-hydrogen) atoms. The number of aromatic nitrogens is 2. The highest BCUT2D eigenvalue weighted by atomic mass is 16.5. The van der Waals surface area contributed by atoms with Crippen LogP contribution in [0.5, 0.6) is 0 Å². The predicted octanol–water partition coefficient (Wildman–Crippen LogP) is 1.21. The van der Waals surface area contributed by atoms with Crippen molar-refractivity contribution in [2.45, 2.75) is 13.0 Å². The summed E-state index contributed by atoms with van der Waals surface area (Å²) >= 11 is 0. The molecule has 1 aromatic carbocycles. The zero-order chi connectivity index (χ0) is 18.2. The van der Waals surface area contributed by atoms with Crippen LogP contribution in [0.1, 0.15) is 12.0 Å². The summed E-state index contributed by atoms with van der Waals surface area (Å²) in [4.78, 5) is 6.89. The third-order valence-corrected chi connectivity index (χ3v) is 4.43. The highest BCUT2D eigenvalue weighted by molar-refractivity contribution is 5.78. The smallest absolute Gasteiger partial charge is 0.188 e. The standard InChI is InChI=1S/C19H28N6O/c1-24-15-17(18(23-24)16-6-3-2-4-7-16)14-22-19(20)21-8-5-9-25-10-12-26-13-11-25/h2-4,6-7,15H,5,8-14H2,1H3,(H3,20,21,22). The minimum Gasteiger partial charge on any atom is -0.379 e. The Balaban J connectivity index is 1.48. The molecule has 1 aliphatic rings. The number of hydrogen-bond donors (Lipinski definition) is 2. The number of ether oxygens (including phenoxy) is 1. The second kappa shape index (κ2) is 9.35. The van der Waals surface area contributed by atoms with Crippen molar-refractivity contribution in [3.8, 4) is 11.3 Å². The average molecular weight is 356 g/mol. The van der Waals surface area contributed by atoms with Crippen LogP contribution in [0.4, 0.5) is 0 Å². The van der Waals surface area contributed by atoms with E-state index >= 15 is 0 Å². The van der Waals surface area contributed by atoms with Gasteiger partial charge in [-0.05, 0) is 13.0 Å². The van der Waals surface area contributed by atoms with E-state index in [4.69, 9.17) is 10.5 Å². The van der Waals surface area contributed by atoms with Crippen LogP contribution in [-0.2, 0) is 18.3 Å². The van der Waals surface area contributed by atoms with E-state index in [1.165, 1.54) is 0 Å². The Morgan fingerprint density at radius 2 is 2.04 bits per heavy atom. The van der Waals surface area contributed by atoms with Gasteiger partial charge in [0.2, 0.25) is 0 Å². The van der Waals surface area contributed by atoms with Crippen molar-refractivity contribution in [3.05, 3.63) is 42.1 Å². The first-order valence-electron chi connectivity index (χ1n) is 9.14. The number of rotatable bonds is 7. The molecule has 0 unspecified atom stereocenters. The summed E-state index contributed by atoms with van der Waals surface area (Å²) in [6, 6.07) is 10.2.